The lowest BCUT2D eigenvalue weighted by Gasteiger charge is -2.32. The largest absolute Gasteiger partial charge is 0.396 e. The van der Waals surface area contributed by atoms with Gasteiger partial charge in [-0.15, -0.1) is 0 Å². The van der Waals surface area contributed by atoms with Crippen LogP contribution in [0.2, 0.25) is 0 Å². The van der Waals surface area contributed by atoms with Crippen molar-refractivity contribution in [1.29, 1.82) is 0 Å². The van der Waals surface area contributed by atoms with Crippen LogP contribution in [0.5, 0.6) is 0 Å². The molecular weight excluding hydrogens is 216 g/mol. The minimum Gasteiger partial charge on any atom is -0.396 e. The van der Waals surface area contributed by atoms with Crippen molar-refractivity contribution in [2.75, 3.05) is 39.4 Å². The molecule has 1 aliphatic heterocycles. The molecule has 0 bridgehead atoms. The maximum absolute atomic E-state index is 9.21. The Morgan fingerprint density at radius 1 is 1.18 bits per heavy atom. The van der Waals surface area contributed by atoms with E-state index in [1.807, 2.05) is 6.92 Å². The Morgan fingerprint density at radius 3 is 2.29 bits per heavy atom. The van der Waals surface area contributed by atoms with Crippen LogP contribution in [0.15, 0.2) is 0 Å². The molecule has 1 saturated heterocycles. The van der Waals surface area contributed by atoms with E-state index in [0.29, 0.717) is 12.6 Å². The number of nitrogens with one attached hydrogen (secondary N) is 1. The Kier molecular flexibility index (Phi) is 6.41. The van der Waals surface area contributed by atoms with Gasteiger partial charge in [0.2, 0.25) is 0 Å². The third-order valence-corrected chi connectivity index (χ3v) is 3.62. The molecule has 1 unspecified atom stereocenters. The zero-order valence-corrected chi connectivity index (χ0v) is 11.3. The van der Waals surface area contributed by atoms with Gasteiger partial charge in [-0.25, -0.2) is 0 Å². The van der Waals surface area contributed by atoms with Gasteiger partial charge in [0, 0.05) is 24.5 Å². The molecule has 1 atom stereocenters. The first kappa shape index (κ1) is 14.9. The monoisotopic (exact) mass is 244 g/mol. The fraction of sp³-hybridized carbons (Fsp3) is 1.00. The molecule has 0 amide bonds. The first-order chi connectivity index (χ1) is 8.09. The molecule has 0 radical (unpaired) electrons. The van der Waals surface area contributed by atoms with Crippen molar-refractivity contribution in [2.24, 2.45) is 5.41 Å². The van der Waals surface area contributed by atoms with Crippen LogP contribution in [0.4, 0.5) is 0 Å². The van der Waals surface area contributed by atoms with Crippen molar-refractivity contribution in [3.05, 3.63) is 0 Å². The molecule has 4 nitrogen and oxygen atoms in total. The number of likely N-dealkylation sites (tertiary alicyclic amines) is 1. The number of rotatable bonds is 7. The van der Waals surface area contributed by atoms with Crippen LogP contribution in [-0.2, 0) is 0 Å². The van der Waals surface area contributed by atoms with Crippen molar-refractivity contribution >= 4 is 0 Å². The summed E-state index contributed by atoms with van der Waals surface area (Å²) in [5, 5.41) is 21.8. The molecule has 1 heterocycles. The van der Waals surface area contributed by atoms with Gasteiger partial charge in [-0.3, -0.25) is 0 Å². The van der Waals surface area contributed by atoms with Gasteiger partial charge in [-0.05, 0) is 32.9 Å². The quantitative estimate of drug-likeness (QED) is 0.608. The number of piperidine rings is 1. The molecule has 0 aromatic carbocycles. The Labute approximate surface area is 105 Å². The van der Waals surface area contributed by atoms with E-state index < -0.39 is 5.41 Å². The van der Waals surface area contributed by atoms with E-state index in [1.54, 1.807) is 0 Å². The molecule has 1 fully saturated rings. The lowest BCUT2D eigenvalue weighted by Crippen LogP contribution is -2.46. The van der Waals surface area contributed by atoms with Crippen LogP contribution in [0.3, 0.4) is 0 Å². The van der Waals surface area contributed by atoms with Crippen molar-refractivity contribution in [3.8, 4) is 0 Å². The summed E-state index contributed by atoms with van der Waals surface area (Å²) in [6, 6.07) is 0.408. The van der Waals surface area contributed by atoms with Crippen molar-refractivity contribution in [3.63, 3.8) is 0 Å². The highest BCUT2D eigenvalue weighted by atomic mass is 16.3. The molecule has 0 spiro atoms. The fourth-order valence-electron chi connectivity index (χ4n) is 2.18. The van der Waals surface area contributed by atoms with Crippen molar-refractivity contribution in [1.82, 2.24) is 10.2 Å². The molecule has 3 N–H and O–H groups in total. The van der Waals surface area contributed by atoms with E-state index in [1.165, 1.54) is 32.4 Å². The summed E-state index contributed by atoms with van der Waals surface area (Å²) >= 11 is 0. The van der Waals surface area contributed by atoms with E-state index in [0.717, 1.165) is 6.54 Å². The molecule has 0 aromatic heterocycles. The van der Waals surface area contributed by atoms with E-state index in [-0.39, 0.29) is 13.2 Å². The van der Waals surface area contributed by atoms with E-state index in [9.17, 15) is 10.2 Å². The topological polar surface area (TPSA) is 55.7 Å². The minimum atomic E-state index is -0.407. The minimum absolute atomic E-state index is 0.0208. The molecule has 17 heavy (non-hydrogen) atoms. The summed E-state index contributed by atoms with van der Waals surface area (Å²) in [5.41, 5.74) is -0.407. The maximum Gasteiger partial charge on any atom is 0.0518 e. The number of nitrogens with zero attached hydrogens (tertiary/aromatic N) is 1. The highest BCUT2D eigenvalue weighted by molar-refractivity contribution is 4.78. The van der Waals surface area contributed by atoms with Crippen LogP contribution < -0.4 is 5.32 Å². The molecule has 102 valence electrons. The van der Waals surface area contributed by atoms with E-state index in [2.05, 4.69) is 17.1 Å². The second-order valence-electron chi connectivity index (χ2n) is 5.77. The van der Waals surface area contributed by atoms with Gasteiger partial charge in [0.05, 0.1) is 13.2 Å². The van der Waals surface area contributed by atoms with Gasteiger partial charge in [0.15, 0.2) is 0 Å². The lowest BCUT2D eigenvalue weighted by molar-refractivity contribution is 0.0660. The average molecular weight is 244 g/mol. The number of aliphatic hydroxyl groups is 2. The van der Waals surface area contributed by atoms with Crippen molar-refractivity contribution < 1.29 is 10.2 Å². The SMILES string of the molecule is CC(CN1CCCCC1)NCC(C)(CO)CO. The van der Waals surface area contributed by atoms with E-state index >= 15 is 0 Å². The predicted octanol–water partition coefficient (Wildman–Crippen LogP) is 0.441. The number of hydrogen-bond donors (Lipinski definition) is 3. The van der Waals surface area contributed by atoms with Crippen LogP contribution in [0.1, 0.15) is 33.1 Å². The van der Waals surface area contributed by atoms with E-state index in [4.69, 9.17) is 0 Å². The molecule has 0 saturated carbocycles. The van der Waals surface area contributed by atoms with Crippen LogP contribution in [-0.4, -0.2) is 60.5 Å². The van der Waals surface area contributed by atoms with Gasteiger partial charge in [-0.1, -0.05) is 13.3 Å². The highest BCUT2D eigenvalue weighted by Gasteiger charge is 2.23. The predicted molar refractivity (Wildman–Crippen MR) is 70.0 cm³/mol. The highest BCUT2D eigenvalue weighted by Crippen LogP contribution is 2.13. The second kappa shape index (κ2) is 7.31. The Hall–Kier alpha value is -0.160. The summed E-state index contributed by atoms with van der Waals surface area (Å²) in [5.74, 6) is 0. The molecule has 1 rings (SSSR count). The molecule has 0 aromatic rings. The summed E-state index contributed by atoms with van der Waals surface area (Å²) in [7, 11) is 0. The molecule has 1 aliphatic rings. The van der Waals surface area contributed by atoms with Gasteiger partial charge >= 0.3 is 0 Å². The van der Waals surface area contributed by atoms with Crippen LogP contribution in [0.25, 0.3) is 0 Å². The fourth-order valence-corrected chi connectivity index (χ4v) is 2.18. The third kappa shape index (κ3) is 5.34. The summed E-state index contributed by atoms with van der Waals surface area (Å²) in [4.78, 5) is 2.50. The van der Waals surface area contributed by atoms with Gasteiger partial charge in [0.25, 0.3) is 0 Å². The normalized spacial score (nSPS) is 20.5. The van der Waals surface area contributed by atoms with Crippen LogP contribution in [0, 0.1) is 5.41 Å². The summed E-state index contributed by atoms with van der Waals surface area (Å²) in [6.45, 7) is 8.26. The molecule has 0 aliphatic carbocycles. The lowest BCUT2D eigenvalue weighted by atomic mass is 9.93. The Bertz CT molecular complexity index is 202. The second-order valence-corrected chi connectivity index (χ2v) is 5.77. The zero-order chi connectivity index (χ0) is 12.7. The third-order valence-electron chi connectivity index (χ3n) is 3.62. The van der Waals surface area contributed by atoms with Gasteiger partial charge in [-0.2, -0.15) is 0 Å². The van der Waals surface area contributed by atoms with Crippen molar-refractivity contribution in [2.45, 2.75) is 39.2 Å². The first-order valence-electron chi connectivity index (χ1n) is 6.77. The smallest absolute Gasteiger partial charge is 0.0518 e. The zero-order valence-electron chi connectivity index (χ0n) is 11.3. The van der Waals surface area contributed by atoms with Gasteiger partial charge < -0.3 is 20.4 Å². The number of aliphatic hydroxyl groups excluding tert-OH is 2. The first-order valence-corrected chi connectivity index (χ1v) is 6.77. The average Bonchev–Trinajstić information content (AvgIpc) is 2.37. The maximum atomic E-state index is 9.21. The number of hydrogen-bond acceptors (Lipinski definition) is 4. The Morgan fingerprint density at radius 2 is 1.76 bits per heavy atom. The summed E-state index contributed by atoms with van der Waals surface area (Å²) < 4.78 is 0. The summed E-state index contributed by atoms with van der Waals surface area (Å²) in [6.07, 6.45) is 4.00. The van der Waals surface area contributed by atoms with Gasteiger partial charge in [0.1, 0.15) is 0 Å². The molecule has 4 heteroatoms. The van der Waals surface area contributed by atoms with Crippen LogP contribution >= 0.6 is 0 Å². The standard InChI is InChI=1S/C13H28N2O2/c1-12(8-15-6-4-3-5-7-15)14-9-13(2,10-16)11-17/h12,14,16-17H,3-11H2,1-2H3. The Balaban J connectivity index is 2.21. The molecular formula is C13H28N2O2.